The lowest BCUT2D eigenvalue weighted by molar-refractivity contribution is -0.0494. The normalized spacial score (nSPS) is 15.7. The minimum Gasteiger partial charge on any atom is -0.434 e. The van der Waals surface area contributed by atoms with Gasteiger partial charge in [0.2, 0.25) is 0 Å². The first-order valence-corrected chi connectivity index (χ1v) is 8.58. The molecule has 0 saturated heterocycles. The van der Waals surface area contributed by atoms with Crippen LogP contribution in [0, 0.1) is 0 Å². The summed E-state index contributed by atoms with van der Waals surface area (Å²) >= 11 is 3.39. The number of nitrogens with zero attached hydrogens (tertiary/aromatic N) is 5. The van der Waals surface area contributed by atoms with Gasteiger partial charge in [-0.15, -0.1) is 0 Å². The zero-order valence-electron chi connectivity index (χ0n) is 13.7. The van der Waals surface area contributed by atoms with Gasteiger partial charge >= 0.3 is 6.61 Å². The second-order valence-electron chi connectivity index (χ2n) is 5.66. The topological polar surface area (TPSA) is 45.9 Å². The third-order valence-corrected chi connectivity index (χ3v) is 4.46. The Labute approximate surface area is 156 Å². The van der Waals surface area contributed by atoms with Crippen LogP contribution in [0.4, 0.5) is 14.5 Å². The van der Waals surface area contributed by atoms with Crippen LogP contribution >= 0.6 is 15.9 Å². The number of aryl methyl sites for hydroxylation is 1. The molecule has 0 saturated carbocycles. The average Bonchev–Trinajstić information content (AvgIpc) is 3.19. The van der Waals surface area contributed by atoms with Gasteiger partial charge in [-0.2, -0.15) is 13.9 Å². The van der Waals surface area contributed by atoms with Crippen LogP contribution in [-0.4, -0.2) is 34.2 Å². The fourth-order valence-corrected chi connectivity index (χ4v) is 3.30. The quantitative estimate of drug-likeness (QED) is 0.750. The summed E-state index contributed by atoms with van der Waals surface area (Å²) in [5.74, 6) is 0.878. The Morgan fingerprint density at radius 2 is 2.15 bits per heavy atom. The number of ether oxygens (including phenoxy) is 1. The van der Waals surface area contributed by atoms with Crippen LogP contribution in [-0.2, 0) is 7.05 Å². The molecule has 0 spiro atoms. The minimum absolute atomic E-state index is 0.0720. The Hall–Kier alpha value is -2.68. The number of hydrazine groups is 1. The molecule has 4 rings (SSSR count). The van der Waals surface area contributed by atoms with Crippen LogP contribution in [0.1, 0.15) is 0 Å². The largest absolute Gasteiger partial charge is 0.434 e. The maximum atomic E-state index is 12.8. The Morgan fingerprint density at radius 1 is 1.31 bits per heavy atom. The Morgan fingerprint density at radius 3 is 2.96 bits per heavy atom. The van der Waals surface area contributed by atoms with E-state index in [4.69, 9.17) is 4.74 Å². The van der Waals surface area contributed by atoms with E-state index in [1.54, 1.807) is 30.1 Å². The van der Waals surface area contributed by atoms with Crippen LogP contribution in [0.15, 0.2) is 58.0 Å². The van der Waals surface area contributed by atoms with Crippen molar-refractivity contribution in [3.8, 4) is 17.0 Å². The lowest BCUT2D eigenvalue weighted by Crippen LogP contribution is -2.34. The van der Waals surface area contributed by atoms with E-state index in [0.717, 1.165) is 16.0 Å². The second-order valence-corrected chi connectivity index (χ2v) is 6.58. The third kappa shape index (κ3) is 2.98. The minimum atomic E-state index is -2.92. The van der Waals surface area contributed by atoms with E-state index >= 15 is 0 Å². The fraction of sp³-hybridized carbons (Fsp3) is 0.176. The fourth-order valence-electron chi connectivity index (χ4n) is 2.94. The molecule has 0 bridgehead atoms. The molecule has 6 nitrogen and oxygen atoms in total. The predicted octanol–water partition coefficient (Wildman–Crippen LogP) is 3.93. The van der Waals surface area contributed by atoms with E-state index in [9.17, 15) is 8.78 Å². The molecule has 3 heterocycles. The summed E-state index contributed by atoms with van der Waals surface area (Å²) in [4.78, 5) is 4.32. The van der Waals surface area contributed by atoms with E-state index in [-0.39, 0.29) is 5.75 Å². The summed E-state index contributed by atoms with van der Waals surface area (Å²) in [5, 5.41) is 8.35. The monoisotopic (exact) mass is 421 g/mol. The molecule has 2 aliphatic heterocycles. The first-order valence-electron chi connectivity index (χ1n) is 7.79. The molecule has 2 aromatic rings. The molecule has 0 fully saturated rings. The molecule has 0 atom stereocenters. The highest BCUT2D eigenvalue weighted by atomic mass is 79.9. The van der Waals surface area contributed by atoms with Crippen LogP contribution < -0.4 is 9.75 Å². The zero-order chi connectivity index (χ0) is 18.3. The van der Waals surface area contributed by atoms with Gasteiger partial charge in [-0.3, -0.25) is 9.69 Å². The molecular formula is C17H14BrF2N5O. The van der Waals surface area contributed by atoms with Crippen LogP contribution in [0.5, 0.6) is 5.75 Å². The number of allylic oxidation sites excluding steroid dienone is 1. The molecule has 2 aliphatic rings. The summed E-state index contributed by atoms with van der Waals surface area (Å²) in [6, 6.07) is 4.88. The predicted molar refractivity (Wildman–Crippen MR) is 97.9 cm³/mol. The number of aliphatic imine (C=N–C) groups is 1. The van der Waals surface area contributed by atoms with Crippen molar-refractivity contribution in [3.63, 3.8) is 0 Å². The highest BCUT2D eigenvalue weighted by Gasteiger charge is 2.28. The molecule has 26 heavy (non-hydrogen) atoms. The standard InChI is InChI=1S/C17H14BrF2N5O/c1-23-10-13(24-8-5-15-21-6-2-7-25(15)24)16(22-23)12-9-11(18)3-4-14(12)26-17(19)20/h2-7,9-10,17H,8H2,1H3. The summed E-state index contributed by atoms with van der Waals surface area (Å²) in [6.45, 7) is -2.32. The molecule has 9 heteroatoms. The van der Waals surface area contributed by atoms with Gasteiger partial charge in [-0.25, -0.2) is 10.0 Å². The van der Waals surface area contributed by atoms with Gasteiger partial charge in [0.25, 0.3) is 0 Å². The second kappa shape index (κ2) is 6.56. The molecule has 1 aromatic carbocycles. The number of fused-ring (bicyclic) bond motifs is 1. The van der Waals surface area contributed by atoms with E-state index in [2.05, 4.69) is 26.0 Å². The molecule has 0 aliphatic carbocycles. The first kappa shape index (κ1) is 16.8. The molecule has 0 amide bonds. The van der Waals surface area contributed by atoms with Crippen molar-refractivity contribution in [3.05, 3.63) is 53.0 Å². The van der Waals surface area contributed by atoms with Crippen LogP contribution in [0.3, 0.4) is 0 Å². The lowest BCUT2D eigenvalue weighted by atomic mass is 10.1. The number of benzene rings is 1. The van der Waals surface area contributed by atoms with Crippen molar-refractivity contribution in [2.24, 2.45) is 12.0 Å². The maximum Gasteiger partial charge on any atom is 0.387 e. The number of halogens is 3. The zero-order valence-corrected chi connectivity index (χ0v) is 15.3. The summed E-state index contributed by atoms with van der Waals surface area (Å²) in [6.07, 6.45) is 9.26. The smallest absolute Gasteiger partial charge is 0.387 e. The van der Waals surface area contributed by atoms with Crippen molar-refractivity contribution in [1.29, 1.82) is 0 Å². The SMILES string of the molecule is Cn1cc(N2CC=C3N=CC=CN32)c(-c2cc(Br)ccc2OC(F)F)n1. The molecule has 0 unspecified atom stereocenters. The number of hydrogen-bond acceptors (Lipinski definition) is 5. The number of alkyl halides is 2. The summed E-state index contributed by atoms with van der Waals surface area (Å²) in [7, 11) is 1.78. The average molecular weight is 422 g/mol. The Kier molecular flexibility index (Phi) is 4.23. The lowest BCUT2D eigenvalue weighted by Gasteiger charge is -2.30. The first-order chi connectivity index (χ1) is 12.5. The number of aromatic nitrogens is 2. The van der Waals surface area contributed by atoms with Crippen molar-refractivity contribution in [2.45, 2.75) is 6.61 Å². The van der Waals surface area contributed by atoms with Gasteiger partial charge < -0.3 is 4.74 Å². The van der Waals surface area contributed by atoms with Crippen LogP contribution in [0.25, 0.3) is 11.3 Å². The number of anilines is 1. The molecule has 134 valence electrons. The van der Waals surface area contributed by atoms with E-state index in [1.807, 2.05) is 34.6 Å². The highest BCUT2D eigenvalue weighted by Crippen LogP contribution is 2.40. The summed E-state index contributed by atoms with van der Waals surface area (Å²) in [5.41, 5.74) is 1.79. The van der Waals surface area contributed by atoms with Gasteiger partial charge in [0.15, 0.2) is 0 Å². The van der Waals surface area contributed by atoms with Crippen molar-refractivity contribution in [2.75, 3.05) is 11.6 Å². The molecule has 0 radical (unpaired) electrons. The van der Waals surface area contributed by atoms with E-state index in [0.29, 0.717) is 17.8 Å². The van der Waals surface area contributed by atoms with E-state index in [1.165, 1.54) is 6.07 Å². The van der Waals surface area contributed by atoms with Gasteiger partial charge in [-0.1, -0.05) is 15.9 Å². The molecule has 0 N–H and O–H groups in total. The maximum absolute atomic E-state index is 12.8. The summed E-state index contributed by atoms with van der Waals surface area (Å²) < 4.78 is 32.8. The Balaban J connectivity index is 1.79. The number of rotatable bonds is 4. The Bertz CT molecular complexity index is 937. The molecule has 1 aromatic heterocycles. The van der Waals surface area contributed by atoms with Crippen molar-refractivity contribution >= 4 is 27.8 Å². The third-order valence-electron chi connectivity index (χ3n) is 3.96. The molecular weight excluding hydrogens is 408 g/mol. The highest BCUT2D eigenvalue weighted by molar-refractivity contribution is 9.10. The van der Waals surface area contributed by atoms with Gasteiger partial charge in [0.05, 0.1) is 12.7 Å². The number of hydrogen-bond donors (Lipinski definition) is 0. The van der Waals surface area contributed by atoms with Gasteiger partial charge in [-0.05, 0) is 30.4 Å². The van der Waals surface area contributed by atoms with Gasteiger partial charge in [0, 0.05) is 29.5 Å². The van der Waals surface area contributed by atoms with E-state index < -0.39 is 6.61 Å². The van der Waals surface area contributed by atoms with Crippen LogP contribution in [0.2, 0.25) is 0 Å². The van der Waals surface area contributed by atoms with Gasteiger partial charge in [0.1, 0.15) is 23.0 Å². The van der Waals surface area contributed by atoms with Crippen molar-refractivity contribution in [1.82, 2.24) is 14.8 Å². The van der Waals surface area contributed by atoms with Crippen molar-refractivity contribution < 1.29 is 13.5 Å².